The van der Waals surface area contributed by atoms with E-state index in [2.05, 4.69) is 10.3 Å². The van der Waals surface area contributed by atoms with Gasteiger partial charge in [-0.25, -0.2) is 4.98 Å². The minimum atomic E-state index is -1.04. The van der Waals surface area contributed by atoms with Gasteiger partial charge in [0.25, 0.3) is 11.6 Å². The minimum absolute atomic E-state index is 0.0580. The van der Waals surface area contributed by atoms with Crippen molar-refractivity contribution in [1.29, 1.82) is 0 Å². The maximum Gasteiger partial charge on any atom is 0.270 e. The summed E-state index contributed by atoms with van der Waals surface area (Å²) in [4.78, 5) is 41.8. The first-order valence-electron chi connectivity index (χ1n) is 12.3. The van der Waals surface area contributed by atoms with Crippen molar-refractivity contribution in [2.45, 2.75) is 19.4 Å². The predicted octanol–water partition coefficient (Wildman–Crippen LogP) is 6.30. The number of nitrogens with zero attached hydrogens (tertiary/aromatic N) is 2. The Morgan fingerprint density at radius 1 is 1.10 bits per heavy atom. The van der Waals surface area contributed by atoms with Gasteiger partial charge in [0.1, 0.15) is 11.3 Å². The molecule has 10 nitrogen and oxygen atoms in total. The number of ether oxygens (including phenoxy) is 2. The van der Waals surface area contributed by atoms with E-state index in [1.807, 2.05) is 0 Å². The number of carbonyl (C=O) groups excluding carboxylic acids is 1. The molecule has 0 aliphatic carbocycles. The third-order valence-electron chi connectivity index (χ3n) is 6.12. The molecule has 5 rings (SSSR count). The molecule has 1 amide bonds. The third kappa shape index (κ3) is 5.40. The van der Waals surface area contributed by atoms with Crippen molar-refractivity contribution in [2.75, 3.05) is 12.4 Å². The number of para-hydroxylation sites is 1. The molecule has 2 aromatic heterocycles. The molecule has 0 aliphatic heterocycles. The molecule has 0 saturated carbocycles. The first-order valence-corrected chi connectivity index (χ1v) is 13.1. The van der Waals surface area contributed by atoms with Crippen LogP contribution in [0, 0.1) is 10.1 Å². The minimum Gasteiger partial charge on any atom is -0.497 e. The number of benzene rings is 3. The maximum absolute atomic E-state index is 13.5. The highest BCUT2D eigenvalue weighted by molar-refractivity contribution is 7.14. The number of methoxy groups -OCH3 is 1. The number of rotatable bonds is 9. The number of nitrogens with one attached hydrogen (secondary N) is 1. The average molecular weight is 558 g/mol. The fraction of sp³-hybridized carbons (Fsp3) is 0.138. The predicted molar refractivity (Wildman–Crippen MR) is 152 cm³/mol. The average Bonchev–Trinajstić information content (AvgIpc) is 3.45. The van der Waals surface area contributed by atoms with Gasteiger partial charge in [-0.2, -0.15) is 0 Å². The zero-order chi connectivity index (χ0) is 28.2. The van der Waals surface area contributed by atoms with Crippen LogP contribution in [0.4, 0.5) is 10.8 Å². The standard InChI is InChI=1S/C29H23N3O7S/c1-3-23(28(34)31-29-30-22(16-40-29)18-7-6-8-19(15-18)32(35)36)38-27-25(33)21-9-4-5-10-24(21)39-26(27)17-11-13-20(37-2)14-12-17/h4-16,23H,3H2,1-2H3,(H,30,31,34). The second-order valence-corrected chi connectivity index (χ2v) is 9.52. The first-order chi connectivity index (χ1) is 19.4. The van der Waals surface area contributed by atoms with Gasteiger partial charge >= 0.3 is 0 Å². The van der Waals surface area contributed by atoms with E-state index in [4.69, 9.17) is 13.9 Å². The Labute approximate surface area is 232 Å². The first kappa shape index (κ1) is 26.6. The summed E-state index contributed by atoms with van der Waals surface area (Å²) < 4.78 is 17.4. The fourth-order valence-corrected chi connectivity index (χ4v) is 4.78. The molecule has 1 atom stereocenters. The molecule has 2 heterocycles. The molecule has 0 spiro atoms. The largest absolute Gasteiger partial charge is 0.497 e. The lowest BCUT2D eigenvalue weighted by Crippen LogP contribution is -2.34. The Morgan fingerprint density at radius 3 is 2.60 bits per heavy atom. The van der Waals surface area contributed by atoms with Crippen molar-refractivity contribution in [3.8, 4) is 34.1 Å². The molecule has 0 saturated heterocycles. The van der Waals surface area contributed by atoms with Crippen molar-refractivity contribution < 1.29 is 23.6 Å². The van der Waals surface area contributed by atoms with Crippen LogP contribution in [0.25, 0.3) is 33.6 Å². The summed E-state index contributed by atoms with van der Waals surface area (Å²) >= 11 is 1.17. The molecule has 1 unspecified atom stereocenters. The van der Waals surface area contributed by atoms with Gasteiger partial charge in [0.05, 0.1) is 23.1 Å². The molecule has 1 N–H and O–H groups in total. The number of hydrogen-bond acceptors (Lipinski definition) is 9. The summed E-state index contributed by atoms with van der Waals surface area (Å²) in [5, 5.41) is 16.1. The van der Waals surface area contributed by atoms with Crippen LogP contribution in [-0.2, 0) is 4.79 Å². The Bertz CT molecular complexity index is 1760. The van der Waals surface area contributed by atoms with E-state index in [1.165, 1.54) is 23.5 Å². The van der Waals surface area contributed by atoms with Crippen LogP contribution in [0.2, 0.25) is 0 Å². The molecule has 11 heteroatoms. The lowest BCUT2D eigenvalue weighted by molar-refractivity contribution is -0.384. The van der Waals surface area contributed by atoms with Gasteiger partial charge in [-0.1, -0.05) is 31.2 Å². The van der Waals surface area contributed by atoms with Crippen LogP contribution in [0.1, 0.15) is 13.3 Å². The van der Waals surface area contributed by atoms with Crippen LogP contribution >= 0.6 is 11.3 Å². The Kier molecular flexibility index (Phi) is 7.56. The number of nitro groups is 1. The number of nitro benzene ring substituents is 1. The maximum atomic E-state index is 13.5. The quantitative estimate of drug-likeness (QED) is 0.165. The van der Waals surface area contributed by atoms with E-state index in [0.29, 0.717) is 33.5 Å². The summed E-state index contributed by atoms with van der Waals surface area (Å²) in [7, 11) is 1.55. The van der Waals surface area contributed by atoms with Crippen LogP contribution in [0.3, 0.4) is 0 Å². The van der Waals surface area contributed by atoms with Gasteiger partial charge in [-0.15, -0.1) is 11.3 Å². The number of amides is 1. The molecule has 0 fully saturated rings. The smallest absolute Gasteiger partial charge is 0.270 e. The van der Waals surface area contributed by atoms with Crippen LogP contribution < -0.4 is 20.2 Å². The number of fused-ring (bicyclic) bond motifs is 1. The van der Waals surface area contributed by atoms with E-state index in [9.17, 15) is 19.7 Å². The summed E-state index contributed by atoms with van der Waals surface area (Å²) in [6.07, 6.45) is -0.783. The topological polar surface area (TPSA) is 134 Å². The van der Waals surface area contributed by atoms with E-state index >= 15 is 0 Å². The Hall–Kier alpha value is -5.03. The highest BCUT2D eigenvalue weighted by atomic mass is 32.1. The normalized spacial score (nSPS) is 11.7. The molecular formula is C29H23N3O7S. The van der Waals surface area contributed by atoms with Crippen LogP contribution in [0.5, 0.6) is 11.5 Å². The second-order valence-electron chi connectivity index (χ2n) is 8.66. The van der Waals surface area contributed by atoms with E-state index in [0.717, 1.165) is 0 Å². The lowest BCUT2D eigenvalue weighted by Gasteiger charge is -2.18. The number of aromatic nitrogens is 1. The third-order valence-corrected chi connectivity index (χ3v) is 6.88. The Balaban J connectivity index is 1.44. The monoisotopic (exact) mass is 557 g/mol. The van der Waals surface area contributed by atoms with Gasteiger partial charge in [0.15, 0.2) is 17.0 Å². The van der Waals surface area contributed by atoms with Gasteiger partial charge in [-0.3, -0.25) is 25.0 Å². The number of carbonyl (C=O) groups is 1. The molecular weight excluding hydrogens is 534 g/mol. The van der Waals surface area contributed by atoms with Gasteiger partial charge in [0.2, 0.25) is 11.2 Å². The van der Waals surface area contributed by atoms with Crippen molar-refractivity contribution in [3.05, 3.63) is 98.5 Å². The molecule has 5 aromatic rings. The molecule has 0 aliphatic rings. The fourth-order valence-electron chi connectivity index (χ4n) is 4.06. The number of non-ortho nitro benzene ring substituents is 1. The highest BCUT2D eigenvalue weighted by Crippen LogP contribution is 2.33. The van der Waals surface area contributed by atoms with Crippen molar-refractivity contribution in [1.82, 2.24) is 4.98 Å². The summed E-state index contributed by atoms with van der Waals surface area (Å²) in [6, 6.07) is 19.9. The SMILES string of the molecule is CCC(Oc1c(-c2ccc(OC)cc2)oc2ccccc2c1=O)C(=O)Nc1nc(-c2cccc([N+](=O)[O-])c2)cs1. The van der Waals surface area contributed by atoms with Crippen molar-refractivity contribution >= 4 is 39.0 Å². The van der Waals surface area contributed by atoms with Crippen LogP contribution in [0.15, 0.2) is 87.4 Å². The highest BCUT2D eigenvalue weighted by Gasteiger charge is 2.26. The molecule has 0 radical (unpaired) electrons. The van der Waals surface area contributed by atoms with Gasteiger partial charge in [0, 0.05) is 28.6 Å². The summed E-state index contributed by atoms with van der Waals surface area (Å²) in [5.41, 5.74) is 1.54. The lowest BCUT2D eigenvalue weighted by atomic mass is 10.1. The zero-order valence-corrected chi connectivity index (χ0v) is 22.3. The van der Waals surface area contributed by atoms with E-state index < -0.39 is 22.4 Å². The number of anilines is 1. The second kappa shape index (κ2) is 11.4. The van der Waals surface area contributed by atoms with Crippen LogP contribution in [-0.4, -0.2) is 29.0 Å². The molecule has 40 heavy (non-hydrogen) atoms. The van der Waals surface area contributed by atoms with E-state index in [1.54, 1.807) is 80.1 Å². The van der Waals surface area contributed by atoms with Gasteiger partial charge in [-0.05, 0) is 42.8 Å². The number of hydrogen-bond donors (Lipinski definition) is 1. The molecule has 3 aromatic carbocycles. The molecule has 0 bridgehead atoms. The summed E-state index contributed by atoms with van der Waals surface area (Å²) in [5.74, 6) is 0.242. The van der Waals surface area contributed by atoms with Gasteiger partial charge < -0.3 is 13.9 Å². The van der Waals surface area contributed by atoms with E-state index in [-0.39, 0.29) is 28.7 Å². The summed E-state index contributed by atoms with van der Waals surface area (Å²) in [6.45, 7) is 1.76. The van der Waals surface area contributed by atoms with Crippen molar-refractivity contribution in [3.63, 3.8) is 0 Å². The Morgan fingerprint density at radius 2 is 1.88 bits per heavy atom. The number of thiazole rings is 1. The molecule has 202 valence electrons. The van der Waals surface area contributed by atoms with Crippen molar-refractivity contribution in [2.24, 2.45) is 0 Å². The zero-order valence-electron chi connectivity index (χ0n) is 21.5.